The van der Waals surface area contributed by atoms with E-state index in [4.69, 9.17) is 5.11 Å². The molecule has 2 aromatic rings. The number of fused-ring (bicyclic) bond motifs is 1. The summed E-state index contributed by atoms with van der Waals surface area (Å²) in [5, 5.41) is 18.6. The van der Waals surface area contributed by atoms with Crippen molar-refractivity contribution in [2.24, 2.45) is 0 Å². The van der Waals surface area contributed by atoms with Gasteiger partial charge in [-0.2, -0.15) is 0 Å². The van der Waals surface area contributed by atoms with Gasteiger partial charge in [-0.3, -0.25) is 4.79 Å². The van der Waals surface area contributed by atoms with Crippen molar-refractivity contribution >= 4 is 16.7 Å². The molecule has 0 amide bonds. The Bertz CT molecular complexity index is 603. The second kappa shape index (κ2) is 3.09. The number of aromatic nitrogens is 2. The van der Waals surface area contributed by atoms with Crippen molar-refractivity contribution in [2.75, 3.05) is 0 Å². The molecule has 0 aliphatic carbocycles. The number of carbonyl (C=O) groups is 1. The molecule has 2 rings (SSSR count). The van der Waals surface area contributed by atoms with E-state index in [2.05, 4.69) is 9.97 Å². The highest BCUT2D eigenvalue weighted by Crippen LogP contribution is 2.23. The summed E-state index contributed by atoms with van der Waals surface area (Å²) in [5.74, 6) is -1.83. The number of aromatic carboxylic acids is 1. The molecule has 6 nitrogen and oxygen atoms in total. The number of nitrogens with one attached hydrogen (secondary N) is 1. The molecule has 0 radical (unpaired) electrons. The minimum Gasteiger partial charge on any atom is -0.505 e. The molecule has 0 spiro atoms. The van der Waals surface area contributed by atoms with Gasteiger partial charge in [0, 0.05) is 17.8 Å². The number of rotatable bonds is 1. The Kier molecular flexibility index (Phi) is 1.89. The molecule has 0 saturated carbocycles. The predicted molar refractivity (Wildman–Crippen MR) is 51.0 cm³/mol. The summed E-state index contributed by atoms with van der Waals surface area (Å²) in [6.45, 7) is 0. The van der Waals surface area contributed by atoms with Gasteiger partial charge in [0.25, 0.3) is 5.56 Å². The summed E-state index contributed by atoms with van der Waals surface area (Å²) < 4.78 is 0. The van der Waals surface area contributed by atoms with Gasteiger partial charge in [0.2, 0.25) is 0 Å². The number of aromatic hydroxyl groups is 1. The highest BCUT2D eigenvalue weighted by molar-refractivity contribution is 5.97. The zero-order valence-corrected chi connectivity index (χ0v) is 7.39. The molecule has 0 aliphatic rings. The van der Waals surface area contributed by atoms with Gasteiger partial charge in [-0.25, -0.2) is 9.78 Å². The van der Waals surface area contributed by atoms with Gasteiger partial charge < -0.3 is 15.2 Å². The molecule has 0 saturated heterocycles. The van der Waals surface area contributed by atoms with Crippen LogP contribution in [0.4, 0.5) is 0 Å². The summed E-state index contributed by atoms with van der Waals surface area (Å²) in [5.41, 5.74) is -0.889. The van der Waals surface area contributed by atoms with Crippen LogP contribution in [-0.4, -0.2) is 26.2 Å². The van der Waals surface area contributed by atoms with E-state index in [1.54, 1.807) is 0 Å². The Morgan fingerprint density at radius 1 is 1.40 bits per heavy atom. The van der Waals surface area contributed by atoms with E-state index < -0.39 is 23.0 Å². The molecular weight excluding hydrogens is 200 g/mol. The predicted octanol–water partition coefficient (Wildman–Crippen LogP) is 0.327. The van der Waals surface area contributed by atoms with Gasteiger partial charge in [-0.05, 0) is 6.07 Å². The van der Waals surface area contributed by atoms with Crippen LogP contribution in [0.15, 0.2) is 23.3 Å². The van der Waals surface area contributed by atoms with Gasteiger partial charge in [-0.15, -0.1) is 0 Å². The molecule has 0 aromatic carbocycles. The quantitative estimate of drug-likeness (QED) is 0.623. The first kappa shape index (κ1) is 9.20. The minimum absolute atomic E-state index is 0.153. The van der Waals surface area contributed by atoms with Crippen LogP contribution in [0.1, 0.15) is 10.5 Å². The normalized spacial score (nSPS) is 10.4. The fourth-order valence-corrected chi connectivity index (χ4v) is 1.30. The number of pyridine rings is 2. The van der Waals surface area contributed by atoms with Gasteiger partial charge in [0.1, 0.15) is 0 Å². The van der Waals surface area contributed by atoms with E-state index in [0.717, 1.165) is 6.20 Å². The fraction of sp³-hybridized carbons (Fsp3) is 0. The second-order valence-electron chi connectivity index (χ2n) is 2.89. The highest BCUT2D eigenvalue weighted by atomic mass is 16.4. The maximum atomic E-state index is 11.3. The molecule has 6 heteroatoms. The van der Waals surface area contributed by atoms with E-state index in [1.165, 1.54) is 12.3 Å². The largest absolute Gasteiger partial charge is 0.505 e. The highest BCUT2D eigenvalue weighted by Gasteiger charge is 2.15. The first-order chi connectivity index (χ1) is 7.11. The third kappa shape index (κ3) is 1.32. The zero-order valence-electron chi connectivity index (χ0n) is 7.39. The summed E-state index contributed by atoms with van der Waals surface area (Å²) in [7, 11) is 0. The Balaban J connectivity index is 2.92. The minimum atomic E-state index is -1.34. The summed E-state index contributed by atoms with van der Waals surface area (Å²) >= 11 is 0. The molecule has 3 N–H and O–H groups in total. The lowest BCUT2D eigenvalue weighted by molar-refractivity contribution is 0.0687. The van der Waals surface area contributed by atoms with Crippen molar-refractivity contribution in [1.29, 1.82) is 0 Å². The standard InChI is InChI=1S/C9H6N2O4/c12-7-4-1-2-10-8(13)5(4)3-11-6(7)9(14)15/h1-3,12H,(H,10,13)(H,14,15). The van der Waals surface area contributed by atoms with Crippen LogP contribution in [0.5, 0.6) is 5.75 Å². The van der Waals surface area contributed by atoms with Crippen molar-refractivity contribution < 1.29 is 15.0 Å². The number of hydrogen-bond donors (Lipinski definition) is 3. The van der Waals surface area contributed by atoms with Gasteiger partial charge >= 0.3 is 5.97 Å². The topological polar surface area (TPSA) is 103 Å². The number of aromatic amines is 1. The van der Waals surface area contributed by atoms with Crippen molar-refractivity contribution in [1.82, 2.24) is 9.97 Å². The number of carboxylic acids is 1. The molecule has 2 heterocycles. The zero-order chi connectivity index (χ0) is 11.0. The van der Waals surface area contributed by atoms with E-state index >= 15 is 0 Å². The van der Waals surface area contributed by atoms with Gasteiger partial charge in [0.15, 0.2) is 11.4 Å². The van der Waals surface area contributed by atoms with Crippen LogP contribution in [0.2, 0.25) is 0 Å². The van der Waals surface area contributed by atoms with Gasteiger partial charge in [-0.1, -0.05) is 0 Å². The molecule has 0 fully saturated rings. The van der Waals surface area contributed by atoms with Crippen LogP contribution in [-0.2, 0) is 0 Å². The Hall–Kier alpha value is -2.37. The van der Waals surface area contributed by atoms with Crippen molar-refractivity contribution in [3.63, 3.8) is 0 Å². The third-order valence-corrected chi connectivity index (χ3v) is 2.00. The fourth-order valence-electron chi connectivity index (χ4n) is 1.30. The Morgan fingerprint density at radius 3 is 2.80 bits per heavy atom. The molecule has 76 valence electrons. The Morgan fingerprint density at radius 2 is 2.13 bits per heavy atom. The summed E-state index contributed by atoms with van der Waals surface area (Å²) in [6, 6.07) is 1.42. The van der Waals surface area contributed by atoms with Crippen LogP contribution >= 0.6 is 0 Å². The first-order valence-electron chi connectivity index (χ1n) is 4.04. The lowest BCUT2D eigenvalue weighted by atomic mass is 10.2. The average Bonchev–Trinajstić information content (AvgIpc) is 2.19. The van der Waals surface area contributed by atoms with Gasteiger partial charge in [0.05, 0.1) is 5.39 Å². The van der Waals surface area contributed by atoms with E-state index in [9.17, 15) is 14.7 Å². The first-order valence-corrected chi connectivity index (χ1v) is 4.04. The van der Waals surface area contributed by atoms with E-state index in [1.807, 2.05) is 0 Å². The summed E-state index contributed by atoms with van der Waals surface area (Å²) in [4.78, 5) is 27.8. The molecule has 0 atom stereocenters. The molecule has 15 heavy (non-hydrogen) atoms. The van der Waals surface area contributed by atoms with Crippen molar-refractivity contribution in [3.8, 4) is 5.75 Å². The average molecular weight is 206 g/mol. The number of hydrogen-bond acceptors (Lipinski definition) is 4. The van der Waals surface area contributed by atoms with Crippen LogP contribution in [0.25, 0.3) is 10.8 Å². The maximum absolute atomic E-state index is 11.3. The monoisotopic (exact) mass is 206 g/mol. The van der Waals surface area contributed by atoms with Crippen molar-refractivity contribution in [3.05, 3.63) is 34.5 Å². The van der Waals surface area contributed by atoms with Crippen LogP contribution in [0.3, 0.4) is 0 Å². The Labute approximate surface area is 82.8 Å². The lowest BCUT2D eigenvalue weighted by Gasteiger charge is -2.01. The van der Waals surface area contributed by atoms with E-state index in [0.29, 0.717) is 0 Å². The number of nitrogens with zero attached hydrogens (tertiary/aromatic N) is 1. The maximum Gasteiger partial charge on any atom is 0.358 e. The van der Waals surface area contributed by atoms with Crippen LogP contribution in [0, 0.1) is 0 Å². The molecule has 0 unspecified atom stereocenters. The summed E-state index contributed by atoms with van der Waals surface area (Å²) in [6.07, 6.45) is 2.45. The molecule has 0 aliphatic heterocycles. The van der Waals surface area contributed by atoms with Crippen LogP contribution < -0.4 is 5.56 Å². The molecule has 2 aromatic heterocycles. The SMILES string of the molecule is O=C(O)c1ncc2c(=O)[nH]ccc2c1O. The lowest BCUT2D eigenvalue weighted by Crippen LogP contribution is -2.07. The number of H-pyrrole nitrogens is 1. The molecular formula is C9H6N2O4. The second-order valence-corrected chi connectivity index (χ2v) is 2.89. The number of carboxylic acid groups (broad SMARTS) is 1. The molecule has 0 bridgehead atoms. The third-order valence-electron chi connectivity index (χ3n) is 2.00. The van der Waals surface area contributed by atoms with Crippen molar-refractivity contribution in [2.45, 2.75) is 0 Å². The van der Waals surface area contributed by atoms with E-state index in [-0.39, 0.29) is 10.8 Å². The smallest absolute Gasteiger partial charge is 0.358 e.